The number of aromatic hydroxyl groups is 1. The first-order valence-electron chi connectivity index (χ1n) is 3.51. The van der Waals surface area contributed by atoms with Crippen LogP contribution in [0.2, 0.25) is 0 Å². The molecule has 1 rings (SSSR count). The molecule has 14 heavy (non-hydrogen) atoms. The van der Waals surface area contributed by atoms with E-state index < -0.39 is 10.3 Å². The van der Waals surface area contributed by atoms with Crippen LogP contribution in [-0.2, 0) is 10.3 Å². The summed E-state index contributed by atoms with van der Waals surface area (Å²) in [4.78, 5) is 0. The van der Waals surface area contributed by atoms with Gasteiger partial charge in [0.15, 0.2) is 11.5 Å². The Labute approximate surface area is 81.1 Å². The van der Waals surface area contributed by atoms with Gasteiger partial charge >= 0.3 is 10.3 Å². The van der Waals surface area contributed by atoms with Gasteiger partial charge in [-0.3, -0.25) is 0 Å². The number of phenolic OH excluding ortho intramolecular Hbond substituents is 1. The topological polar surface area (TPSA) is 98.9 Å². The molecule has 3 N–H and O–H groups in total. The van der Waals surface area contributed by atoms with Crippen LogP contribution in [-0.4, -0.2) is 20.6 Å². The second-order valence-electron chi connectivity index (χ2n) is 2.41. The number of rotatable bonds is 3. The highest BCUT2D eigenvalue weighted by molar-refractivity contribution is 7.84. The SMILES string of the molecule is COc1cc(OS(N)(=O)=O)ccc1O. The molecule has 0 radical (unpaired) electrons. The van der Waals surface area contributed by atoms with E-state index in [4.69, 9.17) is 4.74 Å². The zero-order valence-corrected chi connectivity index (χ0v) is 8.11. The lowest BCUT2D eigenvalue weighted by molar-refractivity contribution is 0.371. The molecule has 0 amide bonds. The summed E-state index contributed by atoms with van der Waals surface area (Å²) in [7, 11) is -2.72. The van der Waals surface area contributed by atoms with Gasteiger partial charge in [0.2, 0.25) is 0 Å². The van der Waals surface area contributed by atoms with Crippen molar-refractivity contribution in [3.8, 4) is 17.2 Å². The summed E-state index contributed by atoms with van der Waals surface area (Å²) in [5, 5.41) is 13.8. The minimum absolute atomic E-state index is 0.0258. The lowest BCUT2D eigenvalue weighted by atomic mass is 10.3. The molecule has 0 spiro atoms. The zero-order chi connectivity index (χ0) is 10.8. The molecule has 78 valence electrons. The van der Waals surface area contributed by atoms with E-state index in [1.54, 1.807) is 0 Å². The lowest BCUT2D eigenvalue weighted by Gasteiger charge is -2.06. The van der Waals surface area contributed by atoms with Crippen molar-refractivity contribution in [3.05, 3.63) is 18.2 Å². The summed E-state index contributed by atoms with van der Waals surface area (Å²) in [5.41, 5.74) is 0. The Morgan fingerprint density at radius 2 is 2.07 bits per heavy atom. The summed E-state index contributed by atoms with van der Waals surface area (Å²) in [6, 6.07) is 3.70. The van der Waals surface area contributed by atoms with Crippen molar-refractivity contribution in [2.75, 3.05) is 7.11 Å². The fourth-order valence-corrected chi connectivity index (χ4v) is 1.22. The third kappa shape index (κ3) is 2.79. The molecule has 0 aliphatic carbocycles. The summed E-state index contributed by atoms with van der Waals surface area (Å²) in [6.45, 7) is 0. The van der Waals surface area contributed by atoms with Crippen LogP contribution in [0.3, 0.4) is 0 Å². The highest BCUT2D eigenvalue weighted by atomic mass is 32.2. The first-order chi connectivity index (χ1) is 6.42. The van der Waals surface area contributed by atoms with E-state index in [2.05, 4.69) is 9.32 Å². The van der Waals surface area contributed by atoms with Crippen molar-refractivity contribution in [1.82, 2.24) is 0 Å². The highest BCUT2D eigenvalue weighted by Crippen LogP contribution is 2.29. The number of benzene rings is 1. The second-order valence-corrected chi connectivity index (χ2v) is 3.56. The van der Waals surface area contributed by atoms with Crippen LogP contribution < -0.4 is 14.1 Å². The Kier molecular flexibility index (Phi) is 2.82. The molecule has 0 unspecified atom stereocenters. The van der Waals surface area contributed by atoms with Crippen LogP contribution >= 0.6 is 0 Å². The second kappa shape index (κ2) is 3.72. The fraction of sp³-hybridized carbons (Fsp3) is 0.143. The monoisotopic (exact) mass is 219 g/mol. The van der Waals surface area contributed by atoms with E-state index in [0.717, 1.165) is 0 Å². The predicted molar refractivity (Wildman–Crippen MR) is 48.4 cm³/mol. The Hall–Kier alpha value is -1.47. The molecule has 0 heterocycles. The van der Waals surface area contributed by atoms with Gasteiger partial charge in [0.1, 0.15) is 5.75 Å². The van der Waals surface area contributed by atoms with E-state index in [-0.39, 0.29) is 17.2 Å². The molecule has 0 aromatic heterocycles. The van der Waals surface area contributed by atoms with Crippen molar-refractivity contribution in [3.63, 3.8) is 0 Å². The molecule has 0 saturated heterocycles. The maximum atomic E-state index is 10.5. The van der Waals surface area contributed by atoms with Gasteiger partial charge in [-0.15, -0.1) is 0 Å². The molecule has 0 aliphatic heterocycles. The number of hydrogen-bond donors (Lipinski definition) is 2. The number of methoxy groups -OCH3 is 1. The summed E-state index contributed by atoms with van der Waals surface area (Å²) in [5.74, 6) is -0.0393. The molecule has 0 aliphatic rings. The molecule has 1 aromatic carbocycles. The minimum atomic E-state index is -4.05. The van der Waals surface area contributed by atoms with Crippen molar-refractivity contribution in [2.24, 2.45) is 5.14 Å². The van der Waals surface area contributed by atoms with Gasteiger partial charge in [0.05, 0.1) is 7.11 Å². The summed E-state index contributed by atoms with van der Waals surface area (Å²) in [6.07, 6.45) is 0. The van der Waals surface area contributed by atoms with Crippen LogP contribution in [0, 0.1) is 0 Å². The third-order valence-corrected chi connectivity index (χ3v) is 1.79. The molecular formula is C7H9NO5S. The maximum absolute atomic E-state index is 10.5. The molecule has 6 nitrogen and oxygen atoms in total. The average Bonchev–Trinajstić information content (AvgIpc) is 2.06. The molecule has 1 aromatic rings. The maximum Gasteiger partial charge on any atom is 0.380 e. The van der Waals surface area contributed by atoms with E-state index in [1.165, 1.54) is 25.3 Å². The van der Waals surface area contributed by atoms with Crippen LogP contribution in [0.15, 0.2) is 18.2 Å². The minimum Gasteiger partial charge on any atom is -0.504 e. The first-order valence-corrected chi connectivity index (χ1v) is 4.99. The van der Waals surface area contributed by atoms with E-state index >= 15 is 0 Å². The quantitative estimate of drug-likeness (QED) is 0.744. The smallest absolute Gasteiger partial charge is 0.380 e. The predicted octanol–water partition coefficient (Wildman–Crippen LogP) is -0.0169. The number of nitrogens with two attached hydrogens (primary N) is 1. The molecule has 0 bridgehead atoms. The zero-order valence-electron chi connectivity index (χ0n) is 7.30. The standard InChI is InChI=1S/C7H9NO5S/c1-12-7-4-5(2-3-6(7)9)13-14(8,10)11/h2-4,9H,1H3,(H2,8,10,11). The number of phenols is 1. The Balaban J connectivity index is 3.01. The summed E-state index contributed by atoms with van der Waals surface area (Å²) >= 11 is 0. The van der Waals surface area contributed by atoms with Crippen LogP contribution in [0.4, 0.5) is 0 Å². The molecule has 7 heteroatoms. The number of hydrogen-bond acceptors (Lipinski definition) is 5. The Morgan fingerprint density at radius 1 is 1.43 bits per heavy atom. The molecular weight excluding hydrogens is 210 g/mol. The molecule has 0 fully saturated rings. The van der Waals surface area contributed by atoms with Gasteiger partial charge in [-0.25, -0.2) is 0 Å². The van der Waals surface area contributed by atoms with Gasteiger partial charge in [0.25, 0.3) is 0 Å². The van der Waals surface area contributed by atoms with Gasteiger partial charge in [-0.2, -0.15) is 13.6 Å². The highest BCUT2D eigenvalue weighted by Gasteiger charge is 2.08. The largest absolute Gasteiger partial charge is 0.504 e. The number of ether oxygens (including phenoxy) is 1. The van der Waals surface area contributed by atoms with Crippen molar-refractivity contribution in [2.45, 2.75) is 0 Å². The van der Waals surface area contributed by atoms with Gasteiger partial charge in [0, 0.05) is 6.07 Å². The van der Waals surface area contributed by atoms with Gasteiger partial charge in [-0.05, 0) is 12.1 Å². The van der Waals surface area contributed by atoms with Gasteiger partial charge in [-0.1, -0.05) is 0 Å². The van der Waals surface area contributed by atoms with Crippen molar-refractivity contribution >= 4 is 10.3 Å². The lowest BCUT2D eigenvalue weighted by Crippen LogP contribution is -2.18. The van der Waals surface area contributed by atoms with Crippen LogP contribution in [0.1, 0.15) is 0 Å². The third-order valence-electron chi connectivity index (χ3n) is 1.36. The van der Waals surface area contributed by atoms with Crippen molar-refractivity contribution < 1.29 is 22.4 Å². The van der Waals surface area contributed by atoms with Crippen molar-refractivity contribution in [1.29, 1.82) is 0 Å². The molecule has 0 atom stereocenters. The van der Waals surface area contributed by atoms with E-state index in [1.807, 2.05) is 0 Å². The van der Waals surface area contributed by atoms with Gasteiger partial charge < -0.3 is 14.0 Å². The first kappa shape index (κ1) is 10.6. The van der Waals surface area contributed by atoms with E-state index in [9.17, 15) is 13.5 Å². The Morgan fingerprint density at radius 3 is 2.57 bits per heavy atom. The summed E-state index contributed by atoms with van der Waals surface area (Å²) < 4.78 is 30.2. The average molecular weight is 219 g/mol. The Bertz CT molecular complexity index is 428. The fourth-order valence-electron chi connectivity index (χ4n) is 0.844. The molecule has 0 saturated carbocycles. The van der Waals surface area contributed by atoms with Crippen LogP contribution in [0.5, 0.6) is 17.2 Å². The van der Waals surface area contributed by atoms with Crippen LogP contribution in [0.25, 0.3) is 0 Å². The van der Waals surface area contributed by atoms with E-state index in [0.29, 0.717) is 0 Å². The normalized spacial score (nSPS) is 11.0.